The summed E-state index contributed by atoms with van der Waals surface area (Å²) >= 11 is 0. The summed E-state index contributed by atoms with van der Waals surface area (Å²) in [7, 11) is 1.71. The standard InChI is InChI=1S/C21H34N4O.HI/c1-3-22-21(24-14-13-18-7-5-4-6-8-18)25-17-19-9-11-20(12-10-19)23-15-16-26-2;/h7,9-12,23H,3-6,8,13-17H2,1-2H3,(H2,22,24,25);1H. The highest BCUT2D eigenvalue weighted by Gasteiger charge is 2.04. The summed E-state index contributed by atoms with van der Waals surface area (Å²) in [4.78, 5) is 4.71. The number of nitrogens with one attached hydrogen (secondary N) is 3. The van der Waals surface area contributed by atoms with Gasteiger partial charge in [0.15, 0.2) is 5.96 Å². The lowest BCUT2D eigenvalue weighted by molar-refractivity contribution is 0.211. The molecule has 1 aromatic rings. The number of aliphatic imine (C=N–C) groups is 1. The number of hydrogen-bond donors (Lipinski definition) is 3. The monoisotopic (exact) mass is 486 g/mol. The first-order valence-corrected chi connectivity index (χ1v) is 9.83. The fraction of sp³-hybridized carbons (Fsp3) is 0.571. The summed E-state index contributed by atoms with van der Waals surface area (Å²) in [5.74, 6) is 0.895. The van der Waals surface area contributed by atoms with Gasteiger partial charge in [-0.25, -0.2) is 4.99 Å². The van der Waals surface area contributed by atoms with E-state index in [1.807, 2.05) is 0 Å². The topological polar surface area (TPSA) is 57.7 Å². The van der Waals surface area contributed by atoms with Gasteiger partial charge in [0.05, 0.1) is 13.2 Å². The Kier molecular flexibility index (Phi) is 13.0. The van der Waals surface area contributed by atoms with E-state index < -0.39 is 0 Å². The molecule has 0 aromatic heterocycles. The number of allylic oxidation sites excluding steroid dienone is 1. The lowest BCUT2D eigenvalue weighted by atomic mass is 9.97. The number of guanidine groups is 1. The zero-order valence-corrected chi connectivity index (χ0v) is 19.1. The molecule has 5 nitrogen and oxygen atoms in total. The average Bonchev–Trinajstić information content (AvgIpc) is 2.68. The predicted octanol–water partition coefficient (Wildman–Crippen LogP) is 4.31. The van der Waals surface area contributed by atoms with E-state index in [0.717, 1.165) is 37.7 Å². The number of methoxy groups -OCH3 is 1. The Balaban J connectivity index is 0.00000364. The molecule has 152 valence electrons. The van der Waals surface area contributed by atoms with E-state index in [4.69, 9.17) is 9.73 Å². The lowest BCUT2D eigenvalue weighted by Crippen LogP contribution is -2.37. The molecule has 0 spiro atoms. The molecular weight excluding hydrogens is 451 g/mol. The number of hydrogen-bond acceptors (Lipinski definition) is 3. The maximum atomic E-state index is 5.05. The second kappa shape index (κ2) is 14.7. The van der Waals surface area contributed by atoms with E-state index in [9.17, 15) is 0 Å². The van der Waals surface area contributed by atoms with Crippen LogP contribution in [-0.2, 0) is 11.3 Å². The zero-order chi connectivity index (χ0) is 18.5. The first-order chi connectivity index (χ1) is 12.8. The van der Waals surface area contributed by atoms with Gasteiger partial charge in [-0.15, -0.1) is 24.0 Å². The van der Waals surface area contributed by atoms with Crippen molar-refractivity contribution in [2.75, 3.05) is 38.7 Å². The molecule has 0 heterocycles. The molecule has 0 amide bonds. The molecule has 0 fully saturated rings. The number of nitrogens with zero attached hydrogens (tertiary/aromatic N) is 1. The molecule has 0 radical (unpaired) electrons. The van der Waals surface area contributed by atoms with Crippen molar-refractivity contribution in [2.24, 2.45) is 4.99 Å². The lowest BCUT2D eigenvalue weighted by Gasteiger charge is -2.15. The van der Waals surface area contributed by atoms with Gasteiger partial charge in [-0.3, -0.25) is 0 Å². The Labute approximate surface area is 181 Å². The van der Waals surface area contributed by atoms with E-state index in [-0.39, 0.29) is 24.0 Å². The van der Waals surface area contributed by atoms with Crippen LogP contribution in [0.3, 0.4) is 0 Å². The van der Waals surface area contributed by atoms with Crippen LogP contribution in [0.5, 0.6) is 0 Å². The second-order valence-corrected chi connectivity index (χ2v) is 6.60. The van der Waals surface area contributed by atoms with E-state index in [0.29, 0.717) is 13.2 Å². The highest BCUT2D eigenvalue weighted by Crippen LogP contribution is 2.19. The van der Waals surface area contributed by atoms with Gasteiger partial charge in [0.1, 0.15) is 0 Å². The van der Waals surface area contributed by atoms with Gasteiger partial charge in [0.25, 0.3) is 0 Å². The summed E-state index contributed by atoms with van der Waals surface area (Å²) in [5.41, 5.74) is 3.91. The Morgan fingerprint density at radius 2 is 1.93 bits per heavy atom. The van der Waals surface area contributed by atoms with E-state index in [1.54, 1.807) is 12.7 Å². The summed E-state index contributed by atoms with van der Waals surface area (Å²) in [5, 5.41) is 10.1. The molecule has 2 rings (SSSR count). The molecule has 0 unspecified atom stereocenters. The quantitative estimate of drug-likeness (QED) is 0.152. The Hall–Kier alpha value is -1.28. The Morgan fingerprint density at radius 3 is 2.59 bits per heavy atom. The molecule has 27 heavy (non-hydrogen) atoms. The van der Waals surface area contributed by atoms with Crippen LogP contribution >= 0.6 is 24.0 Å². The van der Waals surface area contributed by atoms with Crippen molar-refractivity contribution >= 4 is 35.6 Å². The summed E-state index contributed by atoms with van der Waals surface area (Å²) in [6.07, 6.45) is 8.74. The molecular formula is C21H35IN4O. The van der Waals surface area contributed by atoms with Crippen LogP contribution in [-0.4, -0.2) is 39.3 Å². The maximum absolute atomic E-state index is 5.05. The fourth-order valence-electron chi connectivity index (χ4n) is 3.01. The van der Waals surface area contributed by atoms with Crippen LogP contribution < -0.4 is 16.0 Å². The van der Waals surface area contributed by atoms with Gasteiger partial charge >= 0.3 is 0 Å². The van der Waals surface area contributed by atoms with Crippen molar-refractivity contribution in [3.8, 4) is 0 Å². The summed E-state index contributed by atoms with van der Waals surface area (Å²) in [6, 6.07) is 8.43. The smallest absolute Gasteiger partial charge is 0.191 e. The van der Waals surface area contributed by atoms with Crippen molar-refractivity contribution in [3.63, 3.8) is 0 Å². The molecule has 1 aliphatic carbocycles. The molecule has 0 bridgehead atoms. The average molecular weight is 486 g/mol. The van der Waals surface area contributed by atoms with Crippen molar-refractivity contribution in [3.05, 3.63) is 41.5 Å². The molecule has 0 saturated carbocycles. The minimum Gasteiger partial charge on any atom is -0.383 e. The molecule has 3 N–H and O–H groups in total. The summed E-state index contributed by atoms with van der Waals surface area (Å²) < 4.78 is 5.05. The third kappa shape index (κ3) is 10.0. The third-order valence-corrected chi connectivity index (χ3v) is 4.48. The normalized spacial score (nSPS) is 14.1. The van der Waals surface area contributed by atoms with Crippen LogP contribution in [0.1, 0.15) is 44.6 Å². The van der Waals surface area contributed by atoms with Crippen LogP contribution in [0, 0.1) is 0 Å². The fourth-order valence-corrected chi connectivity index (χ4v) is 3.01. The molecule has 1 aliphatic rings. The second-order valence-electron chi connectivity index (χ2n) is 6.60. The number of anilines is 1. The minimum absolute atomic E-state index is 0. The predicted molar refractivity (Wildman–Crippen MR) is 126 cm³/mol. The molecule has 0 atom stereocenters. The first kappa shape index (κ1) is 23.8. The Morgan fingerprint density at radius 1 is 1.11 bits per heavy atom. The van der Waals surface area contributed by atoms with Crippen molar-refractivity contribution in [1.82, 2.24) is 10.6 Å². The van der Waals surface area contributed by atoms with Crippen LogP contribution in [0.25, 0.3) is 0 Å². The molecule has 0 saturated heterocycles. The Bertz CT molecular complexity index is 572. The highest BCUT2D eigenvalue weighted by atomic mass is 127. The van der Waals surface area contributed by atoms with Gasteiger partial charge in [-0.2, -0.15) is 0 Å². The zero-order valence-electron chi connectivity index (χ0n) is 16.7. The highest BCUT2D eigenvalue weighted by molar-refractivity contribution is 14.0. The van der Waals surface area contributed by atoms with Crippen LogP contribution in [0.2, 0.25) is 0 Å². The van der Waals surface area contributed by atoms with Crippen molar-refractivity contribution < 1.29 is 4.74 Å². The number of halogens is 1. The minimum atomic E-state index is 0. The molecule has 6 heteroatoms. The van der Waals surface area contributed by atoms with Gasteiger partial charge in [0, 0.05) is 32.4 Å². The SMILES string of the molecule is CCNC(=NCc1ccc(NCCOC)cc1)NCCC1=CCCCC1.I. The number of ether oxygens (including phenoxy) is 1. The van der Waals surface area contributed by atoms with Gasteiger partial charge in [-0.1, -0.05) is 23.8 Å². The van der Waals surface area contributed by atoms with Gasteiger partial charge < -0.3 is 20.7 Å². The first-order valence-electron chi connectivity index (χ1n) is 9.83. The van der Waals surface area contributed by atoms with Gasteiger partial charge in [-0.05, 0) is 56.7 Å². The van der Waals surface area contributed by atoms with Gasteiger partial charge in [0.2, 0.25) is 0 Å². The maximum Gasteiger partial charge on any atom is 0.191 e. The van der Waals surface area contributed by atoms with E-state index in [2.05, 4.69) is 53.2 Å². The van der Waals surface area contributed by atoms with E-state index in [1.165, 1.54) is 31.2 Å². The van der Waals surface area contributed by atoms with Crippen LogP contribution in [0.15, 0.2) is 40.9 Å². The largest absolute Gasteiger partial charge is 0.383 e. The van der Waals surface area contributed by atoms with Crippen molar-refractivity contribution in [1.29, 1.82) is 0 Å². The molecule has 0 aliphatic heterocycles. The molecule has 1 aromatic carbocycles. The van der Waals surface area contributed by atoms with Crippen LogP contribution in [0.4, 0.5) is 5.69 Å². The van der Waals surface area contributed by atoms with Crippen molar-refractivity contribution in [2.45, 2.75) is 45.6 Å². The summed E-state index contributed by atoms with van der Waals surface area (Å²) in [6.45, 7) is 6.12. The third-order valence-electron chi connectivity index (χ3n) is 4.48. The van der Waals surface area contributed by atoms with E-state index >= 15 is 0 Å². The number of benzene rings is 1. The number of rotatable bonds is 10.